The third kappa shape index (κ3) is 4.45. The van der Waals surface area contributed by atoms with Crippen LogP contribution in [0.15, 0.2) is 18.2 Å². The molecule has 3 heteroatoms. The molecular weight excluding hydrogens is 260 g/mol. The molecule has 2 rings (SSSR count). The van der Waals surface area contributed by atoms with Crippen molar-refractivity contribution in [2.75, 3.05) is 24.5 Å². The summed E-state index contributed by atoms with van der Waals surface area (Å²) in [5, 5.41) is 3.46. The topological polar surface area (TPSA) is 24.5 Å². The van der Waals surface area contributed by atoms with Crippen LogP contribution in [0.1, 0.15) is 45.2 Å². The Morgan fingerprint density at radius 2 is 2.14 bits per heavy atom. The summed E-state index contributed by atoms with van der Waals surface area (Å²) in [5.74, 6) is 0. The number of benzene rings is 1. The molecule has 1 N–H and O–H groups in total. The van der Waals surface area contributed by atoms with Gasteiger partial charge in [0.05, 0.1) is 11.7 Å². The van der Waals surface area contributed by atoms with E-state index in [1.807, 2.05) is 0 Å². The molecule has 1 aliphatic rings. The Kier molecular flexibility index (Phi) is 5.28. The first kappa shape index (κ1) is 16.3. The van der Waals surface area contributed by atoms with Gasteiger partial charge in [-0.1, -0.05) is 19.1 Å². The summed E-state index contributed by atoms with van der Waals surface area (Å²) < 4.78 is 6.00. The predicted molar refractivity (Wildman–Crippen MR) is 90.0 cm³/mol. The quantitative estimate of drug-likeness (QED) is 0.840. The van der Waals surface area contributed by atoms with E-state index in [1.165, 1.54) is 23.2 Å². The molecule has 1 saturated heterocycles. The van der Waals surface area contributed by atoms with Crippen LogP contribution in [0.25, 0.3) is 0 Å². The van der Waals surface area contributed by atoms with Crippen LogP contribution in [0.5, 0.6) is 0 Å². The van der Waals surface area contributed by atoms with Gasteiger partial charge < -0.3 is 15.0 Å². The zero-order valence-electron chi connectivity index (χ0n) is 14.2. The average molecular weight is 290 g/mol. The summed E-state index contributed by atoms with van der Waals surface area (Å²) in [4.78, 5) is 2.47. The van der Waals surface area contributed by atoms with E-state index in [4.69, 9.17) is 4.74 Å². The van der Waals surface area contributed by atoms with E-state index in [0.29, 0.717) is 0 Å². The minimum Gasteiger partial charge on any atom is -0.369 e. The monoisotopic (exact) mass is 290 g/mol. The molecule has 1 aliphatic heterocycles. The van der Waals surface area contributed by atoms with Gasteiger partial charge in [0.25, 0.3) is 0 Å². The van der Waals surface area contributed by atoms with Gasteiger partial charge in [-0.3, -0.25) is 0 Å². The van der Waals surface area contributed by atoms with Gasteiger partial charge in [0.1, 0.15) is 0 Å². The van der Waals surface area contributed by atoms with E-state index < -0.39 is 0 Å². The van der Waals surface area contributed by atoms with E-state index in [1.54, 1.807) is 0 Å². The molecule has 21 heavy (non-hydrogen) atoms. The maximum Gasteiger partial charge on any atom is 0.0805 e. The SMILES string of the molecule is CCCNCc1ccc(N2CC(C)OC(C)(C)C2)c(C)c1. The Morgan fingerprint density at radius 3 is 2.76 bits per heavy atom. The molecular formula is C18H30N2O. The van der Waals surface area contributed by atoms with Crippen LogP contribution in [0, 0.1) is 6.92 Å². The molecule has 1 unspecified atom stereocenters. The smallest absolute Gasteiger partial charge is 0.0805 e. The number of aryl methyl sites for hydroxylation is 1. The maximum atomic E-state index is 6.00. The van der Waals surface area contributed by atoms with Crippen LogP contribution in [-0.2, 0) is 11.3 Å². The number of nitrogens with zero attached hydrogens (tertiary/aromatic N) is 1. The highest BCUT2D eigenvalue weighted by atomic mass is 16.5. The molecule has 0 saturated carbocycles. The third-order valence-corrected chi connectivity index (χ3v) is 3.93. The molecule has 118 valence electrons. The molecule has 1 aromatic carbocycles. The molecule has 1 aromatic rings. The molecule has 0 spiro atoms. The first-order valence-electron chi connectivity index (χ1n) is 8.14. The van der Waals surface area contributed by atoms with Crippen molar-refractivity contribution in [2.45, 2.75) is 59.3 Å². The van der Waals surface area contributed by atoms with Crippen molar-refractivity contribution < 1.29 is 4.74 Å². The van der Waals surface area contributed by atoms with Crippen molar-refractivity contribution in [3.05, 3.63) is 29.3 Å². The minimum atomic E-state index is -0.0779. The lowest BCUT2D eigenvalue weighted by Gasteiger charge is -2.43. The lowest BCUT2D eigenvalue weighted by molar-refractivity contribution is -0.0749. The highest BCUT2D eigenvalue weighted by Crippen LogP contribution is 2.28. The number of hydrogen-bond acceptors (Lipinski definition) is 3. The molecule has 0 aromatic heterocycles. The zero-order valence-corrected chi connectivity index (χ0v) is 14.2. The number of nitrogens with one attached hydrogen (secondary N) is 1. The number of ether oxygens (including phenoxy) is 1. The van der Waals surface area contributed by atoms with Gasteiger partial charge in [0, 0.05) is 25.3 Å². The lowest BCUT2D eigenvalue weighted by Crippen LogP contribution is -2.52. The van der Waals surface area contributed by atoms with Crippen LogP contribution >= 0.6 is 0 Å². The van der Waals surface area contributed by atoms with Gasteiger partial charge in [-0.15, -0.1) is 0 Å². The average Bonchev–Trinajstić information content (AvgIpc) is 2.36. The number of hydrogen-bond donors (Lipinski definition) is 1. The molecule has 1 heterocycles. The number of morpholine rings is 1. The summed E-state index contributed by atoms with van der Waals surface area (Å²) in [6.45, 7) is 14.9. The summed E-state index contributed by atoms with van der Waals surface area (Å²) in [7, 11) is 0. The van der Waals surface area contributed by atoms with Gasteiger partial charge >= 0.3 is 0 Å². The van der Waals surface area contributed by atoms with Crippen molar-refractivity contribution in [3.63, 3.8) is 0 Å². The Labute approximate surface area is 129 Å². The molecule has 0 radical (unpaired) electrons. The third-order valence-electron chi connectivity index (χ3n) is 3.93. The predicted octanol–water partition coefficient (Wildman–Crippen LogP) is 3.50. The second-order valence-corrected chi connectivity index (χ2v) is 6.87. The number of rotatable bonds is 5. The Balaban J connectivity index is 2.09. The van der Waals surface area contributed by atoms with Crippen molar-refractivity contribution in [1.82, 2.24) is 5.32 Å². The van der Waals surface area contributed by atoms with E-state index >= 15 is 0 Å². The molecule has 1 fully saturated rings. The first-order valence-corrected chi connectivity index (χ1v) is 8.14. The van der Waals surface area contributed by atoms with Gasteiger partial charge in [0.15, 0.2) is 0 Å². The van der Waals surface area contributed by atoms with Gasteiger partial charge in [-0.25, -0.2) is 0 Å². The van der Waals surface area contributed by atoms with Gasteiger partial charge in [-0.2, -0.15) is 0 Å². The van der Waals surface area contributed by atoms with Gasteiger partial charge in [-0.05, 0) is 57.9 Å². The maximum absolute atomic E-state index is 6.00. The first-order chi connectivity index (χ1) is 9.91. The molecule has 0 amide bonds. The standard InChI is InChI=1S/C18H30N2O/c1-6-9-19-11-16-7-8-17(14(2)10-16)20-12-15(3)21-18(4,5)13-20/h7-8,10,15,19H,6,9,11-13H2,1-5H3. The molecule has 3 nitrogen and oxygen atoms in total. The lowest BCUT2D eigenvalue weighted by atomic mass is 10.0. The molecule has 1 atom stereocenters. The summed E-state index contributed by atoms with van der Waals surface area (Å²) in [6.07, 6.45) is 1.46. The summed E-state index contributed by atoms with van der Waals surface area (Å²) in [5.41, 5.74) is 3.99. The van der Waals surface area contributed by atoms with Crippen LogP contribution in [0.2, 0.25) is 0 Å². The Morgan fingerprint density at radius 1 is 1.38 bits per heavy atom. The van der Waals surface area contributed by atoms with E-state index in [2.05, 4.69) is 63.0 Å². The highest BCUT2D eigenvalue weighted by molar-refractivity contribution is 5.55. The van der Waals surface area contributed by atoms with Crippen LogP contribution in [0.4, 0.5) is 5.69 Å². The second-order valence-electron chi connectivity index (χ2n) is 6.87. The van der Waals surface area contributed by atoms with Gasteiger partial charge in [0.2, 0.25) is 0 Å². The fourth-order valence-electron chi connectivity index (χ4n) is 3.23. The summed E-state index contributed by atoms with van der Waals surface area (Å²) in [6, 6.07) is 6.83. The molecule has 0 bridgehead atoms. The minimum absolute atomic E-state index is 0.0779. The van der Waals surface area contributed by atoms with E-state index in [0.717, 1.165) is 26.2 Å². The largest absolute Gasteiger partial charge is 0.369 e. The fourth-order valence-corrected chi connectivity index (χ4v) is 3.23. The Hall–Kier alpha value is -1.06. The Bertz CT molecular complexity index is 470. The highest BCUT2D eigenvalue weighted by Gasteiger charge is 2.31. The zero-order chi connectivity index (χ0) is 15.5. The van der Waals surface area contributed by atoms with Crippen LogP contribution < -0.4 is 10.2 Å². The number of anilines is 1. The summed E-state index contributed by atoms with van der Waals surface area (Å²) >= 11 is 0. The van der Waals surface area contributed by atoms with Crippen LogP contribution in [-0.4, -0.2) is 31.3 Å². The normalized spacial score (nSPS) is 21.6. The van der Waals surface area contributed by atoms with E-state index in [-0.39, 0.29) is 11.7 Å². The van der Waals surface area contributed by atoms with Crippen molar-refractivity contribution in [2.24, 2.45) is 0 Å². The second kappa shape index (κ2) is 6.80. The fraction of sp³-hybridized carbons (Fsp3) is 0.667. The molecule has 0 aliphatic carbocycles. The van der Waals surface area contributed by atoms with Crippen molar-refractivity contribution >= 4 is 5.69 Å². The van der Waals surface area contributed by atoms with Crippen molar-refractivity contribution in [1.29, 1.82) is 0 Å². The van der Waals surface area contributed by atoms with Crippen LogP contribution in [0.3, 0.4) is 0 Å². The van der Waals surface area contributed by atoms with E-state index in [9.17, 15) is 0 Å². The van der Waals surface area contributed by atoms with Crippen molar-refractivity contribution in [3.8, 4) is 0 Å².